The molecule has 140 valence electrons. The van der Waals surface area contributed by atoms with Crippen LogP contribution >= 0.6 is 0 Å². The maximum absolute atomic E-state index is 12.3. The lowest BCUT2D eigenvalue weighted by molar-refractivity contribution is 0.0734. The van der Waals surface area contributed by atoms with Crippen LogP contribution < -0.4 is 9.47 Å². The van der Waals surface area contributed by atoms with Gasteiger partial charge in [-0.3, -0.25) is 4.79 Å². The summed E-state index contributed by atoms with van der Waals surface area (Å²) in [5, 5.41) is 0. The Morgan fingerprint density at radius 3 is 2.11 bits per heavy atom. The van der Waals surface area contributed by atoms with Crippen molar-refractivity contribution in [1.29, 1.82) is 0 Å². The van der Waals surface area contributed by atoms with Gasteiger partial charge in [0.25, 0.3) is 0 Å². The van der Waals surface area contributed by atoms with Gasteiger partial charge >= 0.3 is 5.97 Å². The molecule has 0 amide bonds. The molecule has 0 atom stereocenters. The smallest absolute Gasteiger partial charge is 0.343 e. The lowest BCUT2D eigenvalue weighted by Gasteiger charge is -2.07. The standard InChI is InChI=1S/C24H20O4/c1-17-5-3-4-6-22(17)24(26)28-21-14-10-19(11-15-21)23(25)16-9-18-7-12-20(27-2)13-8-18/h3-16H,1-2H3. The second-order valence-electron chi connectivity index (χ2n) is 6.20. The van der Waals surface area contributed by atoms with E-state index in [4.69, 9.17) is 9.47 Å². The van der Waals surface area contributed by atoms with Crippen molar-refractivity contribution < 1.29 is 19.1 Å². The Labute approximate surface area is 164 Å². The minimum absolute atomic E-state index is 0.132. The molecule has 3 rings (SSSR count). The molecule has 0 saturated carbocycles. The molecule has 3 aromatic carbocycles. The van der Waals surface area contributed by atoms with Gasteiger partial charge in [0.2, 0.25) is 0 Å². The Hall–Kier alpha value is -3.66. The molecule has 0 aliphatic rings. The van der Waals surface area contributed by atoms with Gasteiger partial charge < -0.3 is 9.47 Å². The lowest BCUT2D eigenvalue weighted by atomic mass is 10.1. The summed E-state index contributed by atoms with van der Waals surface area (Å²) in [5.41, 5.74) is 2.78. The van der Waals surface area contributed by atoms with E-state index in [0.29, 0.717) is 16.9 Å². The third-order valence-electron chi connectivity index (χ3n) is 4.26. The van der Waals surface area contributed by atoms with Crippen molar-refractivity contribution in [3.8, 4) is 11.5 Å². The highest BCUT2D eigenvalue weighted by atomic mass is 16.5. The summed E-state index contributed by atoms with van der Waals surface area (Å²) in [4.78, 5) is 24.6. The van der Waals surface area contributed by atoms with Gasteiger partial charge in [0.05, 0.1) is 12.7 Å². The summed E-state index contributed by atoms with van der Waals surface area (Å²) in [7, 11) is 1.61. The molecule has 3 aromatic rings. The first-order chi connectivity index (χ1) is 13.6. The second kappa shape index (κ2) is 8.82. The number of rotatable bonds is 6. The first-order valence-electron chi connectivity index (χ1n) is 8.81. The number of carbonyl (C=O) groups excluding carboxylic acids is 2. The summed E-state index contributed by atoms with van der Waals surface area (Å²) in [6.07, 6.45) is 3.25. The van der Waals surface area contributed by atoms with E-state index in [0.717, 1.165) is 16.9 Å². The highest BCUT2D eigenvalue weighted by Gasteiger charge is 2.11. The molecule has 4 nitrogen and oxygen atoms in total. The second-order valence-corrected chi connectivity index (χ2v) is 6.20. The monoisotopic (exact) mass is 372 g/mol. The topological polar surface area (TPSA) is 52.6 Å². The SMILES string of the molecule is COc1ccc(C=CC(=O)c2ccc(OC(=O)c3ccccc3C)cc2)cc1. The normalized spacial score (nSPS) is 10.6. The largest absolute Gasteiger partial charge is 0.497 e. The van der Waals surface area contributed by atoms with Crippen LogP contribution in [0, 0.1) is 6.92 Å². The van der Waals surface area contributed by atoms with E-state index >= 15 is 0 Å². The Morgan fingerprint density at radius 1 is 0.821 bits per heavy atom. The van der Waals surface area contributed by atoms with E-state index in [9.17, 15) is 9.59 Å². The zero-order chi connectivity index (χ0) is 19.9. The van der Waals surface area contributed by atoms with Gasteiger partial charge in [0, 0.05) is 5.56 Å². The third-order valence-corrected chi connectivity index (χ3v) is 4.26. The zero-order valence-corrected chi connectivity index (χ0v) is 15.7. The number of allylic oxidation sites excluding steroid dienone is 1. The van der Waals surface area contributed by atoms with E-state index in [1.54, 1.807) is 49.6 Å². The van der Waals surface area contributed by atoms with Crippen LogP contribution in [0.4, 0.5) is 0 Å². The molecular formula is C24H20O4. The van der Waals surface area contributed by atoms with E-state index in [2.05, 4.69) is 0 Å². The van der Waals surface area contributed by atoms with Crippen molar-refractivity contribution >= 4 is 17.8 Å². The number of esters is 1. The number of ether oxygens (including phenoxy) is 2. The molecule has 0 N–H and O–H groups in total. The summed E-state index contributed by atoms with van der Waals surface area (Å²) in [5.74, 6) is 0.604. The number of aryl methyl sites for hydroxylation is 1. The van der Waals surface area contributed by atoms with Crippen LogP contribution in [0.2, 0.25) is 0 Å². The number of methoxy groups -OCH3 is 1. The fourth-order valence-corrected chi connectivity index (χ4v) is 2.63. The van der Waals surface area contributed by atoms with Crippen molar-refractivity contribution in [2.24, 2.45) is 0 Å². The molecule has 0 bridgehead atoms. The number of hydrogen-bond donors (Lipinski definition) is 0. The summed E-state index contributed by atoms with van der Waals surface area (Å²) >= 11 is 0. The van der Waals surface area contributed by atoms with Gasteiger partial charge in [-0.1, -0.05) is 36.4 Å². The van der Waals surface area contributed by atoms with Crippen LogP contribution in [0.3, 0.4) is 0 Å². The van der Waals surface area contributed by atoms with E-state index < -0.39 is 5.97 Å². The van der Waals surface area contributed by atoms with Gasteiger partial charge in [-0.15, -0.1) is 0 Å². The van der Waals surface area contributed by atoms with Crippen LogP contribution in [-0.2, 0) is 0 Å². The van der Waals surface area contributed by atoms with Crippen molar-refractivity contribution in [1.82, 2.24) is 0 Å². The minimum Gasteiger partial charge on any atom is -0.497 e. The van der Waals surface area contributed by atoms with Crippen molar-refractivity contribution in [3.05, 3.63) is 101 Å². The van der Waals surface area contributed by atoms with Crippen LogP contribution in [0.1, 0.15) is 31.8 Å². The van der Waals surface area contributed by atoms with Crippen molar-refractivity contribution in [2.45, 2.75) is 6.92 Å². The van der Waals surface area contributed by atoms with Gasteiger partial charge in [-0.2, -0.15) is 0 Å². The molecule has 0 heterocycles. The molecule has 0 spiro atoms. The van der Waals surface area contributed by atoms with Gasteiger partial charge in [-0.25, -0.2) is 4.79 Å². The Bertz CT molecular complexity index is 1000. The molecule has 28 heavy (non-hydrogen) atoms. The Morgan fingerprint density at radius 2 is 1.46 bits per heavy atom. The first-order valence-corrected chi connectivity index (χ1v) is 8.81. The van der Waals surface area contributed by atoms with Crippen LogP contribution in [-0.4, -0.2) is 18.9 Å². The van der Waals surface area contributed by atoms with Crippen LogP contribution in [0.5, 0.6) is 11.5 Å². The number of hydrogen-bond acceptors (Lipinski definition) is 4. The fourth-order valence-electron chi connectivity index (χ4n) is 2.63. The highest BCUT2D eigenvalue weighted by molar-refractivity contribution is 6.06. The Kier molecular flexibility index (Phi) is 6.02. The maximum Gasteiger partial charge on any atom is 0.343 e. The molecule has 4 heteroatoms. The minimum atomic E-state index is -0.420. The average molecular weight is 372 g/mol. The lowest BCUT2D eigenvalue weighted by Crippen LogP contribution is -2.10. The predicted molar refractivity (Wildman–Crippen MR) is 109 cm³/mol. The maximum atomic E-state index is 12.3. The van der Waals surface area contributed by atoms with Gasteiger partial charge in [-0.05, 0) is 66.6 Å². The fraction of sp³-hybridized carbons (Fsp3) is 0.0833. The van der Waals surface area contributed by atoms with E-state index in [1.165, 1.54) is 6.08 Å². The van der Waals surface area contributed by atoms with Crippen LogP contribution in [0.25, 0.3) is 6.08 Å². The zero-order valence-electron chi connectivity index (χ0n) is 15.7. The van der Waals surface area contributed by atoms with E-state index in [1.807, 2.05) is 43.3 Å². The number of benzene rings is 3. The molecule has 0 unspecified atom stereocenters. The highest BCUT2D eigenvalue weighted by Crippen LogP contribution is 2.17. The van der Waals surface area contributed by atoms with Gasteiger partial charge in [0.1, 0.15) is 11.5 Å². The number of ketones is 1. The van der Waals surface area contributed by atoms with Crippen molar-refractivity contribution in [2.75, 3.05) is 7.11 Å². The van der Waals surface area contributed by atoms with Crippen LogP contribution in [0.15, 0.2) is 78.9 Å². The molecule has 0 aliphatic heterocycles. The summed E-state index contributed by atoms with van der Waals surface area (Å²) in [6.45, 7) is 1.85. The molecular weight excluding hydrogens is 352 g/mol. The molecule has 0 aliphatic carbocycles. The molecule has 0 saturated heterocycles. The first kappa shape index (κ1) is 19.1. The molecule has 0 fully saturated rings. The van der Waals surface area contributed by atoms with Crippen molar-refractivity contribution in [3.63, 3.8) is 0 Å². The summed E-state index contributed by atoms with van der Waals surface area (Å²) < 4.78 is 10.5. The summed E-state index contributed by atoms with van der Waals surface area (Å²) in [6, 6.07) is 21.2. The molecule has 0 radical (unpaired) electrons. The molecule has 0 aromatic heterocycles. The van der Waals surface area contributed by atoms with Gasteiger partial charge in [0.15, 0.2) is 5.78 Å². The predicted octanol–water partition coefficient (Wildman–Crippen LogP) is 5.12. The van der Waals surface area contributed by atoms with E-state index in [-0.39, 0.29) is 5.78 Å². The third kappa shape index (κ3) is 4.74. The Balaban J connectivity index is 1.64. The number of carbonyl (C=O) groups is 2. The average Bonchev–Trinajstić information content (AvgIpc) is 2.73. The quantitative estimate of drug-likeness (QED) is 0.261.